The average molecular weight is 415 g/mol. The van der Waals surface area contributed by atoms with Gasteiger partial charge in [-0.2, -0.15) is 0 Å². The molecule has 0 radical (unpaired) electrons. The average Bonchev–Trinajstić information content (AvgIpc) is 2.56. The number of carbonyl (C=O) groups is 1. The fourth-order valence-electron chi connectivity index (χ4n) is 2.66. The number of nitrogens with zero attached hydrogens (tertiary/aromatic N) is 1. The van der Waals surface area contributed by atoms with Gasteiger partial charge in [-0.3, -0.25) is 9.52 Å². The van der Waals surface area contributed by atoms with Crippen molar-refractivity contribution >= 4 is 50.7 Å². The number of halogens is 2. The second kappa shape index (κ2) is 7.09. The molecule has 1 aliphatic heterocycles. The molecule has 5 nitrogen and oxygen atoms in total. The van der Waals surface area contributed by atoms with E-state index < -0.39 is 15.8 Å². The van der Waals surface area contributed by atoms with E-state index in [0.29, 0.717) is 12.2 Å². The molecule has 138 valence electrons. The summed E-state index contributed by atoms with van der Waals surface area (Å²) in [6.07, 6.45) is 0. The van der Waals surface area contributed by atoms with E-state index in [1.54, 1.807) is 22.7 Å². The van der Waals surface area contributed by atoms with E-state index in [2.05, 4.69) is 4.72 Å². The number of sulfonamides is 1. The second-order valence-electron chi connectivity index (χ2n) is 5.92. The molecule has 1 N–H and O–H groups in total. The quantitative estimate of drug-likeness (QED) is 0.820. The lowest BCUT2D eigenvalue weighted by Crippen LogP contribution is -2.37. The van der Waals surface area contributed by atoms with Crippen LogP contribution < -0.4 is 9.62 Å². The SMILES string of the molecule is CC(=O)N1C[C@H](C)Sc2ccc(S(=O)(=O)Nc3ccc(F)cc3Cl)cc21. The predicted molar refractivity (Wildman–Crippen MR) is 102 cm³/mol. The van der Waals surface area contributed by atoms with E-state index in [0.717, 1.165) is 17.0 Å². The van der Waals surface area contributed by atoms with Crippen LogP contribution in [0.2, 0.25) is 5.02 Å². The zero-order valence-corrected chi connectivity index (χ0v) is 16.4. The van der Waals surface area contributed by atoms with Crippen molar-refractivity contribution in [1.29, 1.82) is 0 Å². The summed E-state index contributed by atoms with van der Waals surface area (Å²) in [7, 11) is -3.95. The Bertz CT molecular complexity index is 982. The first-order valence-corrected chi connectivity index (χ1v) is 10.5. The van der Waals surface area contributed by atoms with Gasteiger partial charge >= 0.3 is 0 Å². The number of carbonyl (C=O) groups excluding carboxylic acids is 1. The van der Waals surface area contributed by atoms with Gasteiger partial charge in [-0.15, -0.1) is 11.8 Å². The molecule has 0 unspecified atom stereocenters. The standard InChI is InChI=1S/C17H16ClFN2O3S2/c1-10-9-21(11(2)22)16-8-13(4-6-17(16)25-10)26(23,24)20-15-5-3-12(19)7-14(15)18/h3-8,10,20H,9H2,1-2H3/t10-/m0/s1. The van der Waals surface area contributed by atoms with Crippen molar-refractivity contribution in [2.24, 2.45) is 0 Å². The number of anilines is 2. The van der Waals surface area contributed by atoms with Crippen LogP contribution in [-0.2, 0) is 14.8 Å². The van der Waals surface area contributed by atoms with Crippen LogP contribution in [0.5, 0.6) is 0 Å². The van der Waals surface area contributed by atoms with Gasteiger partial charge in [0.25, 0.3) is 10.0 Å². The number of hydrogen-bond donors (Lipinski definition) is 1. The summed E-state index contributed by atoms with van der Waals surface area (Å²) in [5.74, 6) is -0.711. The van der Waals surface area contributed by atoms with Crippen molar-refractivity contribution in [1.82, 2.24) is 0 Å². The molecule has 0 spiro atoms. The highest BCUT2D eigenvalue weighted by Crippen LogP contribution is 2.40. The molecule has 2 aromatic carbocycles. The molecule has 1 atom stereocenters. The highest BCUT2D eigenvalue weighted by Gasteiger charge is 2.27. The molecule has 1 aliphatic rings. The van der Waals surface area contributed by atoms with Crippen molar-refractivity contribution in [3.8, 4) is 0 Å². The van der Waals surface area contributed by atoms with Crippen LogP contribution in [0.4, 0.5) is 15.8 Å². The molecule has 3 rings (SSSR count). The number of nitrogens with one attached hydrogen (secondary N) is 1. The summed E-state index contributed by atoms with van der Waals surface area (Å²) in [6.45, 7) is 3.96. The third-order valence-electron chi connectivity index (χ3n) is 3.85. The van der Waals surface area contributed by atoms with Crippen LogP contribution in [0.25, 0.3) is 0 Å². The monoisotopic (exact) mass is 414 g/mol. The van der Waals surface area contributed by atoms with E-state index in [1.807, 2.05) is 6.92 Å². The second-order valence-corrected chi connectivity index (χ2v) is 9.49. The third-order valence-corrected chi connectivity index (χ3v) is 6.68. The highest BCUT2D eigenvalue weighted by atomic mass is 35.5. The van der Waals surface area contributed by atoms with E-state index in [9.17, 15) is 17.6 Å². The summed E-state index contributed by atoms with van der Waals surface area (Å²) in [5.41, 5.74) is 0.644. The Hall–Kier alpha value is -1.77. The van der Waals surface area contributed by atoms with Gasteiger partial charge in [0.05, 0.1) is 21.3 Å². The molecule has 9 heteroatoms. The maximum Gasteiger partial charge on any atom is 0.262 e. The van der Waals surface area contributed by atoms with E-state index in [1.165, 1.54) is 25.1 Å². The first kappa shape index (κ1) is 19.0. The number of rotatable bonds is 3. The van der Waals surface area contributed by atoms with Crippen LogP contribution in [0.1, 0.15) is 13.8 Å². The summed E-state index contributed by atoms with van der Waals surface area (Å²) in [4.78, 5) is 14.3. The smallest absolute Gasteiger partial charge is 0.262 e. The van der Waals surface area contributed by atoms with Crippen LogP contribution in [0.3, 0.4) is 0 Å². The number of hydrogen-bond acceptors (Lipinski definition) is 4. The van der Waals surface area contributed by atoms with Gasteiger partial charge < -0.3 is 4.90 Å². The topological polar surface area (TPSA) is 66.5 Å². The van der Waals surface area contributed by atoms with Crippen molar-refractivity contribution < 1.29 is 17.6 Å². The molecular formula is C17H16ClFN2O3S2. The van der Waals surface area contributed by atoms with Gasteiger partial charge in [0.2, 0.25) is 5.91 Å². The minimum Gasteiger partial charge on any atom is -0.310 e. The van der Waals surface area contributed by atoms with Gasteiger partial charge in [0.15, 0.2) is 0 Å². The highest BCUT2D eigenvalue weighted by molar-refractivity contribution is 8.00. The van der Waals surface area contributed by atoms with Gasteiger partial charge in [-0.1, -0.05) is 18.5 Å². The molecule has 0 aromatic heterocycles. The molecule has 0 aliphatic carbocycles. The lowest BCUT2D eigenvalue weighted by Gasteiger charge is -2.32. The van der Waals surface area contributed by atoms with Crippen LogP contribution in [0.15, 0.2) is 46.2 Å². The largest absolute Gasteiger partial charge is 0.310 e. The minimum absolute atomic E-state index is 0.00181. The van der Waals surface area contributed by atoms with Gasteiger partial charge in [0.1, 0.15) is 5.82 Å². The van der Waals surface area contributed by atoms with Gasteiger partial charge in [0, 0.05) is 23.6 Å². The van der Waals surface area contributed by atoms with Crippen molar-refractivity contribution in [3.05, 3.63) is 47.2 Å². The molecule has 1 heterocycles. The van der Waals surface area contributed by atoms with Crippen LogP contribution in [0, 0.1) is 5.82 Å². The minimum atomic E-state index is -3.95. The number of amides is 1. The van der Waals surface area contributed by atoms with E-state index in [4.69, 9.17) is 11.6 Å². The summed E-state index contributed by atoms with van der Waals surface area (Å²) in [5, 5.41) is 0.172. The van der Waals surface area contributed by atoms with Crippen LogP contribution >= 0.6 is 23.4 Å². The zero-order chi connectivity index (χ0) is 19.1. The van der Waals surface area contributed by atoms with Crippen LogP contribution in [-0.4, -0.2) is 26.1 Å². The van der Waals surface area contributed by atoms with Crippen molar-refractivity contribution in [3.63, 3.8) is 0 Å². The molecule has 2 aromatic rings. The third kappa shape index (κ3) is 3.82. The van der Waals surface area contributed by atoms with Gasteiger partial charge in [-0.25, -0.2) is 12.8 Å². The molecular weight excluding hydrogens is 399 g/mol. The molecule has 26 heavy (non-hydrogen) atoms. The lowest BCUT2D eigenvalue weighted by molar-refractivity contribution is -0.116. The van der Waals surface area contributed by atoms with Crippen molar-refractivity contribution in [2.45, 2.75) is 28.9 Å². The zero-order valence-electron chi connectivity index (χ0n) is 14.0. The predicted octanol–water partition coefficient (Wildman–Crippen LogP) is 4.13. The fraction of sp³-hybridized carbons (Fsp3) is 0.235. The van der Waals surface area contributed by atoms with E-state index >= 15 is 0 Å². The Morgan fingerprint density at radius 1 is 1.31 bits per heavy atom. The maximum atomic E-state index is 13.1. The summed E-state index contributed by atoms with van der Waals surface area (Å²) < 4.78 is 40.9. The summed E-state index contributed by atoms with van der Waals surface area (Å²) >= 11 is 7.48. The maximum absolute atomic E-state index is 13.1. The fourth-order valence-corrected chi connectivity index (χ4v) is 5.12. The number of thioether (sulfide) groups is 1. The molecule has 0 bridgehead atoms. The Morgan fingerprint density at radius 2 is 2.04 bits per heavy atom. The van der Waals surface area contributed by atoms with E-state index in [-0.39, 0.29) is 26.8 Å². The molecule has 0 saturated heterocycles. The first-order valence-electron chi connectivity index (χ1n) is 7.74. The first-order chi connectivity index (χ1) is 12.2. The molecule has 0 fully saturated rings. The summed E-state index contributed by atoms with van der Waals surface area (Å²) in [6, 6.07) is 8.03. The number of benzene rings is 2. The Labute approximate surface area is 160 Å². The molecule has 1 amide bonds. The van der Waals surface area contributed by atoms with Gasteiger partial charge in [-0.05, 0) is 36.4 Å². The van der Waals surface area contributed by atoms with Crippen molar-refractivity contribution in [2.75, 3.05) is 16.2 Å². The molecule has 0 saturated carbocycles. The normalized spacial score (nSPS) is 16.9. The lowest BCUT2D eigenvalue weighted by atomic mass is 10.2. The number of fused-ring (bicyclic) bond motifs is 1. The Kier molecular flexibility index (Phi) is 5.18. The Morgan fingerprint density at radius 3 is 2.69 bits per heavy atom. The Balaban J connectivity index is 1.98.